The molecule has 0 amide bonds. The lowest BCUT2D eigenvalue weighted by molar-refractivity contribution is 0.415. The molecule has 2 aliphatic rings. The minimum absolute atomic E-state index is 0.0934. The topological polar surface area (TPSA) is 44.2 Å². The summed E-state index contributed by atoms with van der Waals surface area (Å²) in [4.78, 5) is 14.0. The lowest BCUT2D eigenvalue weighted by Gasteiger charge is -2.21. The predicted molar refractivity (Wildman–Crippen MR) is 280 cm³/mol. The molecule has 9 aromatic carbocycles. The molecule has 4 nitrogen and oxygen atoms in total. The fourth-order valence-corrected chi connectivity index (χ4v) is 12.5. The Bertz CT molecular complexity index is 3630. The van der Waals surface area contributed by atoms with E-state index >= 15 is 0 Å². The summed E-state index contributed by atoms with van der Waals surface area (Å²) in [5, 5.41) is 4.43. The number of thiophene rings is 1. The van der Waals surface area contributed by atoms with E-state index < -0.39 is 0 Å². The summed E-state index contributed by atoms with van der Waals surface area (Å²) in [5.41, 5.74) is 20.8. The maximum absolute atomic E-state index is 5.88. The van der Waals surface area contributed by atoms with E-state index in [0.29, 0.717) is 0 Å². The molecule has 67 heavy (non-hydrogen) atoms. The van der Waals surface area contributed by atoms with Crippen molar-refractivity contribution in [2.24, 2.45) is 0 Å². The zero-order valence-electron chi connectivity index (χ0n) is 38.3. The fraction of sp³-hybridized carbons (Fsp3) is 0.129. The number of ether oxygens (including phenoxy) is 2. The number of fused-ring (bicyclic) bond motifs is 13. The van der Waals surface area contributed by atoms with Crippen molar-refractivity contribution in [1.29, 1.82) is 0 Å². The standard InChI is InChI=1S/C62H46N2O2S/c1-61(2)51-13-9-7-11-45(51)47-33-39(21-29-53(47)61)59-57-58(60(67-59)40-22-30-54-48(34-40)46-12-8-10-14-52(46)62(54,3)4)64-56-50-32-38(36-17-25-42(66-6)26-18-36)20-28-44(50)43-27-19-37(31-49(43)55(56)63-57)35-15-23-41(65-5)24-16-35/h7-34H,1-6H3. The van der Waals surface area contributed by atoms with Crippen molar-refractivity contribution in [1.82, 2.24) is 9.97 Å². The number of benzene rings is 9. The molecule has 2 heterocycles. The van der Waals surface area contributed by atoms with E-state index in [-0.39, 0.29) is 10.8 Å². The van der Waals surface area contributed by atoms with Crippen molar-refractivity contribution < 1.29 is 9.47 Å². The monoisotopic (exact) mass is 882 g/mol. The first-order valence-electron chi connectivity index (χ1n) is 23.0. The Balaban J connectivity index is 1.12. The minimum Gasteiger partial charge on any atom is -0.497 e. The van der Waals surface area contributed by atoms with Crippen LogP contribution in [0.3, 0.4) is 0 Å². The SMILES string of the molecule is COc1ccc(-c2ccc3c4ccc(-c5ccc(OC)cc5)cc4c4nc5c(-c6ccc7c(c6)-c6ccccc6C7(C)C)sc(-c6ccc7c(c6)-c6ccccc6C7(C)C)c5nc4c3c2)cc1. The second-order valence-corrected chi connectivity index (χ2v) is 20.2. The summed E-state index contributed by atoms with van der Waals surface area (Å²) >= 11 is 1.81. The van der Waals surface area contributed by atoms with Gasteiger partial charge in [-0.05, 0) is 137 Å². The molecule has 0 radical (unpaired) electrons. The third kappa shape index (κ3) is 5.84. The van der Waals surface area contributed by atoms with Crippen molar-refractivity contribution in [3.8, 4) is 76.9 Å². The second-order valence-electron chi connectivity index (χ2n) is 19.2. The van der Waals surface area contributed by atoms with E-state index in [0.717, 1.165) is 98.2 Å². The molecular formula is C62H46N2O2S. The highest BCUT2D eigenvalue weighted by atomic mass is 32.1. The van der Waals surface area contributed by atoms with Gasteiger partial charge in [0.25, 0.3) is 0 Å². The molecule has 11 aromatic rings. The van der Waals surface area contributed by atoms with Crippen LogP contribution in [0, 0.1) is 0 Å². The van der Waals surface area contributed by atoms with Crippen LogP contribution in [0.1, 0.15) is 49.9 Å². The predicted octanol–water partition coefficient (Wildman–Crippen LogP) is 16.4. The van der Waals surface area contributed by atoms with Crippen molar-refractivity contribution >= 4 is 54.9 Å². The van der Waals surface area contributed by atoms with Gasteiger partial charge in [0, 0.05) is 21.6 Å². The largest absolute Gasteiger partial charge is 0.497 e. The second kappa shape index (κ2) is 14.4. The van der Waals surface area contributed by atoms with Gasteiger partial charge in [-0.15, -0.1) is 11.3 Å². The van der Waals surface area contributed by atoms with Crippen LogP contribution in [0.4, 0.5) is 0 Å². The Hall–Kier alpha value is -7.60. The van der Waals surface area contributed by atoms with Gasteiger partial charge in [0.15, 0.2) is 0 Å². The van der Waals surface area contributed by atoms with Crippen molar-refractivity contribution in [3.63, 3.8) is 0 Å². The van der Waals surface area contributed by atoms with Gasteiger partial charge in [0.2, 0.25) is 0 Å². The number of aromatic nitrogens is 2. The van der Waals surface area contributed by atoms with Crippen LogP contribution in [0.15, 0.2) is 170 Å². The highest BCUT2D eigenvalue weighted by molar-refractivity contribution is 7.20. The molecule has 2 aliphatic carbocycles. The van der Waals surface area contributed by atoms with Crippen LogP contribution in [0.5, 0.6) is 11.5 Å². The number of hydrogen-bond donors (Lipinski definition) is 0. The zero-order valence-corrected chi connectivity index (χ0v) is 39.1. The van der Waals surface area contributed by atoms with E-state index in [1.54, 1.807) is 14.2 Å². The summed E-state index contributed by atoms with van der Waals surface area (Å²) < 4.78 is 11.1. The van der Waals surface area contributed by atoms with Gasteiger partial charge >= 0.3 is 0 Å². The van der Waals surface area contributed by atoms with Gasteiger partial charge in [-0.1, -0.05) is 149 Å². The minimum atomic E-state index is -0.0934. The van der Waals surface area contributed by atoms with Crippen molar-refractivity contribution in [2.75, 3.05) is 14.2 Å². The van der Waals surface area contributed by atoms with Crippen LogP contribution in [0.25, 0.3) is 109 Å². The fourth-order valence-electron chi connectivity index (χ4n) is 11.3. The van der Waals surface area contributed by atoms with Crippen LogP contribution < -0.4 is 9.47 Å². The Labute approximate surface area is 394 Å². The van der Waals surface area contributed by atoms with Gasteiger partial charge in [-0.3, -0.25) is 0 Å². The van der Waals surface area contributed by atoms with Crippen LogP contribution in [-0.2, 0) is 10.8 Å². The first kappa shape index (κ1) is 39.7. The highest BCUT2D eigenvalue weighted by Crippen LogP contribution is 2.54. The Kier molecular flexibility index (Phi) is 8.57. The first-order valence-corrected chi connectivity index (χ1v) is 23.8. The molecule has 0 N–H and O–H groups in total. The average Bonchev–Trinajstić information content (AvgIpc) is 3.94. The number of nitrogens with zero attached hydrogens (tertiary/aromatic N) is 2. The normalized spacial score (nSPS) is 14.1. The third-order valence-electron chi connectivity index (χ3n) is 14.9. The van der Waals surface area contributed by atoms with E-state index in [9.17, 15) is 0 Å². The van der Waals surface area contributed by atoms with Crippen molar-refractivity contribution in [2.45, 2.75) is 38.5 Å². The molecule has 13 rings (SSSR count). The maximum atomic E-state index is 5.88. The van der Waals surface area contributed by atoms with Gasteiger partial charge in [0.1, 0.15) is 22.5 Å². The van der Waals surface area contributed by atoms with Crippen LogP contribution in [-0.4, -0.2) is 24.2 Å². The lowest BCUT2D eigenvalue weighted by atomic mass is 9.82. The van der Waals surface area contributed by atoms with Gasteiger partial charge < -0.3 is 9.47 Å². The molecule has 0 saturated carbocycles. The summed E-state index contributed by atoms with van der Waals surface area (Å²) in [6.07, 6.45) is 0. The summed E-state index contributed by atoms with van der Waals surface area (Å²) in [7, 11) is 3.41. The maximum Gasteiger partial charge on any atom is 0.118 e. The Morgan fingerprint density at radius 2 is 0.716 bits per heavy atom. The van der Waals surface area contributed by atoms with Crippen LogP contribution in [0.2, 0.25) is 0 Å². The summed E-state index contributed by atoms with van der Waals surface area (Å²) in [6, 6.07) is 62.1. The van der Waals surface area contributed by atoms with Crippen LogP contribution >= 0.6 is 11.3 Å². The first-order chi connectivity index (χ1) is 32.6. The molecule has 0 unspecified atom stereocenters. The Morgan fingerprint density at radius 1 is 0.343 bits per heavy atom. The van der Waals surface area contributed by atoms with E-state index in [1.165, 1.54) is 44.5 Å². The zero-order chi connectivity index (χ0) is 45.3. The lowest BCUT2D eigenvalue weighted by Crippen LogP contribution is -2.14. The Morgan fingerprint density at radius 3 is 1.13 bits per heavy atom. The molecule has 2 aromatic heterocycles. The van der Waals surface area contributed by atoms with E-state index in [1.807, 2.05) is 35.6 Å². The van der Waals surface area contributed by atoms with Gasteiger partial charge in [-0.2, -0.15) is 0 Å². The van der Waals surface area contributed by atoms with E-state index in [4.69, 9.17) is 19.4 Å². The van der Waals surface area contributed by atoms with Gasteiger partial charge in [0.05, 0.1) is 35.0 Å². The number of methoxy groups -OCH3 is 2. The molecule has 0 atom stereocenters. The smallest absolute Gasteiger partial charge is 0.118 e. The molecule has 0 bridgehead atoms. The summed E-state index contributed by atoms with van der Waals surface area (Å²) in [5.74, 6) is 1.66. The average molecular weight is 883 g/mol. The molecule has 0 spiro atoms. The third-order valence-corrected chi connectivity index (χ3v) is 16.2. The molecular weight excluding hydrogens is 837 g/mol. The highest BCUT2D eigenvalue weighted by Gasteiger charge is 2.37. The molecule has 0 saturated heterocycles. The quantitative estimate of drug-likeness (QED) is 0.156. The van der Waals surface area contributed by atoms with Crippen molar-refractivity contribution in [3.05, 3.63) is 192 Å². The molecule has 0 fully saturated rings. The summed E-state index contributed by atoms with van der Waals surface area (Å²) in [6.45, 7) is 9.38. The van der Waals surface area contributed by atoms with Gasteiger partial charge in [-0.25, -0.2) is 9.97 Å². The number of hydrogen-bond acceptors (Lipinski definition) is 5. The molecule has 322 valence electrons. The molecule has 5 heteroatoms. The molecule has 0 aliphatic heterocycles. The van der Waals surface area contributed by atoms with E-state index in [2.05, 4.69) is 173 Å². The number of rotatable bonds is 6.